The third-order valence-electron chi connectivity index (χ3n) is 2.40. The molecule has 0 fully saturated rings. The monoisotopic (exact) mass is 223 g/mol. The third-order valence-corrected chi connectivity index (χ3v) is 2.61. The molecule has 0 saturated carbocycles. The molecule has 1 rings (SSSR count). The lowest BCUT2D eigenvalue weighted by atomic mass is 10.1. The molecule has 4 heteroatoms. The number of anilines is 1. The van der Waals surface area contributed by atoms with E-state index in [-0.39, 0.29) is 0 Å². The Morgan fingerprint density at radius 2 is 2.33 bits per heavy atom. The molecular weight excluding hydrogens is 206 g/mol. The molecule has 1 atom stereocenters. The normalized spacial score (nSPS) is 12.2. The first kappa shape index (κ1) is 11.9. The highest BCUT2D eigenvalue weighted by molar-refractivity contribution is 7.80. The molecule has 82 valence electrons. The Morgan fingerprint density at radius 1 is 1.67 bits per heavy atom. The summed E-state index contributed by atoms with van der Waals surface area (Å²) < 4.78 is 0. The van der Waals surface area contributed by atoms with Gasteiger partial charge in [-0.1, -0.05) is 19.1 Å². The number of nitrogens with zero attached hydrogens (tertiary/aromatic N) is 1. The zero-order chi connectivity index (χ0) is 11.4. The van der Waals surface area contributed by atoms with Crippen molar-refractivity contribution in [3.05, 3.63) is 23.4 Å². The van der Waals surface area contributed by atoms with E-state index in [1.54, 1.807) is 6.20 Å². The van der Waals surface area contributed by atoms with Crippen LogP contribution in [0.3, 0.4) is 0 Å². The maximum Gasteiger partial charge on any atom is 0.136 e. The van der Waals surface area contributed by atoms with E-state index in [1.807, 2.05) is 13.0 Å². The van der Waals surface area contributed by atoms with Crippen molar-refractivity contribution in [1.29, 1.82) is 0 Å². The van der Waals surface area contributed by atoms with Crippen LogP contribution in [-0.4, -0.2) is 16.0 Å². The number of pyridine rings is 1. The van der Waals surface area contributed by atoms with Crippen molar-refractivity contribution in [3.8, 4) is 0 Å². The lowest BCUT2D eigenvalue weighted by Gasteiger charge is -2.16. The second-order valence-electron chi connectivity index (χ2n) is 3.67. The van der Waals surface area contributed by atoms with Gasteiger partial charge in [-0.3, -0.25) is 0 Å². The minimum atomic E-state index is 0.368. The fraction of sp³-hybridized carbons (Fsp3) is 0.455. The highest BCUT2D eigenvalue weighted by Crippen LogP contribution is 2.17. The number of rotatable bonds is 4. The standard InChI is InChI=1S/C11H17N3S/c1-4-8(3)14-11-9(10(12)15)7(2)5-6-13-11/h5-6,8H,4H2,1-3H3,(H2,12,15)(H,13,14). The van der Waals surface area contributed by atoms with Gasteiger partial charge in [0.2, 0.25) is 0 Å². The third kappa shape index (κ3) is 2.89. The second kappa shape index (κ2) is 5.07. The van der Waals surface area contributed by atoms with E-state index in [0.29, 0.717) is 11.0 Å². The molecule has 0 radical (unpaired) electrons. The SMILES string of the molecule is CCC(C)Nc1nccc(C)c1C(N)=S. The molecule has 3 N–H and O–H groups in total. The summed E-state index contributed by atoms with van der Waals surface area (Å²) in [6.45, 7) is 6.21. The predicted octanol–water partition coefficient (Wildman–Crippen LogP) is 2.23. The molecule has 0 aliphatic rings. The number of hydrogen-bond donors (Lipinski definition) is 2. The molecule has 1 unspecified atom stereocenters. The van der Waals surface area contributed by atoms with Crippen molar-refractivity contribution < 1.29 is 0 Å². The van der Waals surface area contributed by atoms with E-state index in [4.69, 9.17) is 18.0 Å². The van der Waals surface area contributed by atoms with Crippen molar-refractivity contribution in [3.63, 3.8) is 0 Å². The van der Waals surface area contributed by atoms with E-state index < -0.39 is 0 Å². The number of aromatic nitrogens is 1. The van der Waals surface area contributed by atoms with Crippen LogP contribution in [0, 0.1) is 6.92 Å². The van der Waals surface area contributed by atoms with Gasteiger partial charge in [0, 0.05) is 12.2 Å². The zero-order valence-corrected chi connectivity index (χ0v) is 10.2. The Bertz CT molecular complexity index is 363. The lowest BCUT2D eigenvalue weighted by molar-refractivity contribution is 0.758. The molecule has 0 saturated heterocycles. The average molecular weight is 223 g/mol. The molecule has 3 nitrogen and oxygen atoms in total. The first-order valence-electron chi connectivity index (χ1n) is 5.08. The van der Waals surface area contributed by atoms with Gasteiger partial charge in [0.25, 0.3) is 0 Å². The van der Waals surface area contributed by atoms with Crippen LogP contribution in [0.2, 0.25) is 0 Å². The molecule has 0 bridgehead atoms. The van der Waals surface area contributed by atoms with Gasteiger partial charge in [-0.15, -0.1) is 0 Å². The summed E-state index contributed by atoms with van der Waals surface area (Å²) >= 11 is 5.02. The van der Waals surface area contributed by atoms with Crippen LogP contribution in [-0.2, 0) is 0 Å². The van der Waals surface area contributed by atoms with Crippen LogP contribution in [0.15, 0.2) is 12.3 Å². The summed E-state index contributed by atoms with van der Waals surface area (Å²) in [6, 6.07) is 2.28. The van der Waals surface area contributed by atoms with Crippen LogP contribution in [0.5, 0.6) is 0 Å². The van der Waals surface area contributed by atoms with Gasteiger partial charge < -0.3 is 11.1 Å². The second-order valence-corrected chi connectivity index (χ2v) is 4.11. The minimum Gasteiger partial charge on any atom is -0.389 e. The fourth-order valence-corrected chi connectivity index (χ4v) is 1.57. The Labute approximate surface area is 96.1 Å². The van der Waals surface area contributed by atoms with Crippen LogP contribution >= 0.6 is 12.2 Å². The summed E-state index contributed by atoms with van der Waals surface area (Å²) in [5, 5.41) is 3.30. The highest BCUT2D eigenvalue weighted by atomic mass is 32.1. The summed E-state index contributed by atoms with van der Waals surface area (Å²) in [4.78, 5) is 4.66. The Kier molecular flexibility index (Phi) is 4.03. The van der Waals surface area contributed by atoms with Gasteiger partial charge in [-0.05, 0) is 31.9 Å². The maximum atomic E-state index is 5.68. The number of nitrogens with one attached hydrogen (secondary N) is 1. The first-order valence-corrected chi connectivity index (χ1v) is 5.49. The van der Waals surface area contributed by atoms with E-state index >= 15 is 0 Å². The molecule has 0 aromatic carbocycles. The maximum absolute atomic E-state index is 5.68. The molecular formula is C11H17N3S. The molecule has 1 aromatic heterocycles. The Morgan fingerprint density at radius 3 is 2.87 bits per heavy atom. The van der Waals surface area contributed by atoms with Crippen LogP contribution in [0.1, 0.15) is 31.4 Å². The van der Waals surface area contributed by atoms with Crippen molar-refractivity contribution in [1.82, 2.24) is 4.98 Å². The summed E-state index contributed by atoms with van der Waals surface area (Å²) in [5.41, 5.74) is 7.60. The Hall–Kier alpha value is -1.16. The van der Waals surface area contributed by atoms with Crippen molar-refractivity contribution in [2.75, 3.05) is 5.32 Å². The van der Waals surface area contributed by atoms with Gasteiger partial charge in [0.05, 0.1) is 5.56 Å². The molecule has 0 aliphatic heterocycles. The smallest absolute Gasteiger partial charge is 0.136 e. The van der Waals surface area contributed by atoms with Crippen molar-refractivity contribution in [2.24, 2.45) is 5.73 Å². The largest absolute Gasteiger partial charge is 0.389 e. The van der Waals surface area contributed by atoms with E-state index in [2.05, 4.69) is 24.1 Å². The molecule has 1 heterocycles. The molecule has 1 aromatic rings. The van der Waals surface area contributed by atoms with Crippen molar-refractivity contribution >= 4 is 23.0 Å². The van der Waals surface area contributed by atoms with Gasteiger partial charge >= 0.3 is 0 Å². The number of hydrogen-bond acceptors (Lipinski definition) is 3. The number of nitrogens with two attached hydrogens (primary N) is 1. The number of aryl methyl sites for hydroxylation is 1. The summed E-state index contributed by atoms with van der Waals surface area (Å²) in [6.07, 6.45) is 2.80. The van der Waals surface area contributed by atoms with Crippen LogP contribution in [0.25, 0.3) is 0 Å². The summed E-state index contributed by atoms with van der Waals surface area (Å²) in [5.74, 6) is 0.789. The minimum absolute atomic E-state index is 0.368. The van der Waals surface area contributed by atoms with Crippen molar-refractivity contribution in [2.45, 2.75) is 33.2 Å². The fourth-order valence-electron chi connectivity index (χ4n) is 1.31. The Balaban J connectivity index is 3.06. The van der Waals surface area contributed by atoms with Crippen LogP contribution < -0.4 is 11.1 Å². The van der Waals surface area contributed by atoms with Crippen LogP contribution in [0.4, 0.5) is 5.82 Å². The molecule has 15 heavy (non-hydrogen) atoms. The number of thiocarbonyl (C=S) groups is 1. The zero-order valence-electron chi connectivity index (χ0n) is 9.37. The topological polar surface area (TPSA) is 50.9 Å². The average Bonchev–Trinajstić information content (AvgIpc) is 2.17. The molecule has 0 spiro atoms. The first-order chi connectivity index (χ1) is 7.06. The van der Waals surface area contributed by atoms with E-state index in [0.717, 1.165) is 23.4 Å². The quantitative estimate of drug-likeness (QED) is 0.769. The van der Waals surface area contributed by atoms with E-state index in [9.17, 15) is 0 Å². The molecule has 0 amide bonds. The highest BCUT2D eigenvalue weighted by Gasteiger charge is 2.10. The van der Waals surface area contributed by atoms with Gasteiger partial charge in [-0.25, -0.2) is 4.98 Å². The van der Waals surface area contributed by atoms with Gasteiger partial charge in [-0.2, -0.15) is 0 Å². The van der Waals surface area contributed by atoms with Gasteiger partial charge in [0.1, 0.15) is 10.8 Å². The van der Waals surface area contributed by atoms with E-state index in [1.165, 1.54) is 0 Å². The predicted molar refractivity (Wildman–Crippen MR) is 68.2 cm³/mol. The molecule has 0 aliphatic carbocycles. The summed E-state index contributed by atoms with van der Waals surface area (Å²) in [7, 11) is 0. The van der Waals surface area contributed by atoms with Gasteiger partial charge in [0.15, 0.2) is 0 Å². The lowest BCUT2D eigenvalue weighted by Crippen LogP contribution is -2.20.